The number of carbonyl (C=O) groups is 1. The Morgan fingerprint density at radius 2 is 1.86 bits per heavy atom. The van der Waals surface area contributed by atoms with E-state index in [1.165, 1.54) is 0 Å². The van der Waals surface area contributed by atoms with Crippen LogP contribution >= 0.6 is 0 Å². The summed E-state index contributed by atoms with van der Waals surface area (Å²) in [6.07, 6.45) is 5.77. The van der Waals surface area contributed by atoms with E-state index >= 15 is 0 Å². The average Bonchev–Trinajstić information content (AvgIpc) is 2.00. The Hall–Kier alpha value is -0.790. The fourth-order valence-corrected chi connectivity index (χ4v) is 1.33. The molecule has 0 aromatic carbocycles. The largest absolute Gasteiger partial charge is 0.478 e. The Labute approximate surface area is 87.0 Å². The van der Waals surface area contributed by atoms with Crippen LogP contribution < -0.4 is 0 Å². The Morgan fingerprint density at radius 1 is 1.29 bits per heavy atom. The number of hydrogen-bond donors (Lipinski definition) is 1. The summed E-state index contributed by atoms with van der Waals surface area (Å²) in [6.45, 7) is 8.19. The molecule has 0 aliphatic rings. The Bertz CT molecular complexity index is 209. The maximum Gasteiger partial charge on any atom is 0.331 e. The van der Waals surface area contributed by atoms with Crippen LogP contribution in [0.15, 0.2) is 11.6 Å². The predicted octanol–water partition coefficient (Wildman–Crippen LogP) is 3.62. The lowest BCUT2D eigenvalue weighted by atomic mass is 9.92. The summed E-state index contributed by atoms with van der Waals surface area (Å²) in [7, 11) is 0. The van der Waals surface area contributed by atoms with Crippen molar-refractivity contribution in [2.45, 2.75) is 53.4 Å². The molecule has 0 fully saturated rings. The Balaban J connectivity index is 4.31. The molecule has 0 unspecified atom stereocenters. The summed E-state index contributed by atoms with van der Waals surface area (Å²) < 4.78 is 0. The van der Waals surface area contributed by atoms with Gasteiger partial charge in [-0.3, -0.25) is 0 Å². The molecule has 0 spiro atoms. The van der Waals surface area contributed by atoms with Crippen molar-refractivity contribution in [1.29, 1.82) is 0 Å². The maximum absolute atomic E-state index is 10.9. The normalized spacial score (nSPS) is 13.0. The van der Waals surface area contributed by atoms with E-state index in [4.69, 9.17) is 5.11 Å². The van der Waals surface area contributed by atoms with Crippen LogP contribution in [0.3, 0.4) is 0 Å². The van der Waals surface area contributed by atoms with Gasteiger partial charge in [0.2, 0.25) is 0 Å². The molecule has 0 atom stereocenters. The highest BCUT2D eigenvalue weighted by Gasteiger charge is 2.13. The lowest BCUT2D eigenvalue weighted by molar-refractivity contribution is -0.132. The third kappa shape index (κ3) is 6.70. The topological polar surface area (TPSA) is 37.3 Å². The molecule has 0 saturated heterocycles. The number of aliphatic carboxylic acids is 1. The van der Waals surface area contributed by atoms with Crippen molar-refractivity contribution in [3.05, 3.63) is 11.6 Å². The summed E-state index contributed by atoms with van der Waals surface area (Å²) in [6, 6.07) is 0. The molecular weight excluding hydrogens is 176 g/mol. The molecule has 14 heavy (non-hydrogen) atoms. The quantitative estimate of drug-likeness (QED) is 0.541. The van der Waals surface area contributed by atoms with Crippen LogP contribution in [-0.4, -0.2) is 11.1 Å². The lowest BCUT2D eigenvalue weighted by Gasteiger charge is -2.14. The van der Waals surface area contributed by atoms with Crippen molar-refractivity contribution in [3.63, 3.8) is 0 Å². The van der Waals surface area contributed by atoms with E-state index in [1.807, 2.05) is 26.8 Å². The number of rotatable bonds is 5. The van der Waals surface area contributed by atoms with Gasteiger partial charge >= 0.3 is 5.97 Å². The minimum absolute atomic E-state index is 0.0417. The van der Waals surface area contributed by atoms with Crippen LogP contribution in [-0.2, 0) is 4.79 Å². The summed E-state index contributed by atoms with van der Waals surface area (Å²) in [5.74, 6) is -0.768. The molecular formula is C12H22O2. The highest BCUT2D eigenvalue weighted by atomic mass is 16.4. The van der Waals surface area contributed by atoms with Crippen molar-refractivity contribution in [2.75, 3.05) is 0 Å². The first-order valence-corrected chi connectivity index (χ1v) is 5.32. The van der Waals surface area contributed by atoms with E-state index < -0.39 is 5.97 Å². The molecule has 0 radical (unpaired) electrons. The molecule has 0 aliphatic heterocycles. The van der Waals surface area contributed by atoms with Crippen molar-refractivity contribution >= 4 is 5.97 Å². The van der Waals surface area contributed by atoms with Crippen LogP contribution in [0.4, 0.5) is 0 Å². The molecule has 0 rings (SSSR count). The minimum atomic E-state index is -0.768. The Morgan fingerprint density at radius 3 is 2.21 bits per heavy atom. The van der Waals surface area contributed by atoms with Gasteiger partial charge in [-0.1, -0.05) is 46.6 Å². The predicted molar refractivity (Wildman–Crippen MR) is 59.3 cm³/mol. The van der Waals surface area contributed by atoms with E-state index in [1.54, 1.807) is 0 Å². The standard InChI is InChI=1S/C12H22O2/c1-5-6-7-8-10(11(13)14)9-12(2,3)4/h9H,5-8H2,1-4H3,(H,13,14). The average molecular weight is 198 g/mol. The smallest absolute Gasteiger partial charge is 0.331 e. The highest BCUT2D eigenvalue weighted by molar-refractivity contribution is 5.86. The minimum Gasteiger partial charge on any atom is -0.478 e. The second kappa shape index (κ2) is 5.84. The van der Waals surface area contributed by atoms with Gasteiger partial charge in [0, 0.05) is 5.57 Å². The maximum atomic E-state index is 10.9. The van der Waals surface area contributed by atoms with Crippen molar-refractivity contribution in [3.8, 4) is 0 Å². The number of carboxylic acids is 1. The van der Waals surface area contributed by atoms with Crippen LogP contribution in [0.2, 0.25) is 0 Å². The van der Waals surface area contributed by atoms with Gasteiger partial charge in [-0.25, -0.2) is 4.79 Å². The molecule has 2 nitrogen and oxygen atoms in total. The molecule has 0 aliphatic carbocycles. The van der Waals surface area contributed by atoms with Crippen molar-refractivity contribution in [1.82, 2.24) is 0 Å². The lowest BCUT2D eigenvalue weighted by Crippen LogP contribution is -2.08. The summed E-state index contributed by atoms with van der Waals surface area (Å²) >= 11 is 0. The first kappa shape index (κ1) is 13.2. The Kier molecular flexibility index (Phi) is 5.51. The van der Waals surface area contributed by atoms with E-state index in [9.17, 15) is 4.79 Å². The molecule has 0 aromatic heterocycles. The third-order valence-corrected chi connectivity index (χ3v) is 1.93. The molecule has 0 bridgehead atoms. The van der Waals surface area contributed by atoms with Gasteiger partial charge in [-0.2, -0.15) is 0 Å². The van der Waals surface area contributed by atoms with Crippen LogP contribution in [0.1, 0.15) is 53.4 Å². The van der Waals surface area contributed by atoms with Crippen LogP contribution in [0.5, 0.6) is 0 Å². The summed E-state index contributed by atoms with van der Waals surface area (Å²) in [5.41, 5.74) is 0.519. The van der Waals surface area contributed by atoms with Gasteiger partial charge in [0.1, 0.15) is 0 Å². The number of allylic oxidation sites excluding steroid dienone is 1. The molecule has 82 valence electrons. The summed E-state index contributed by atoms with van der Waals surface area (Å²) in [4.78, 5) is 10.9. The number of unbranched alkanes of at least 4 members (excludes halogenated alkanes) is 2. The zero-order chi connectivity index (χ0) is 11.2. The number of hydrogen-bond acceptors (Lipinski definition) is 1. The van der Waals surface area contributed by atoms with E-state index in [-0.39, 0.29) is 5.41 Å². The monoisotopic (exact) mass is 198 g/mol. The van der Waals surface area contributed by atoms with Crippen molar-refractivity contribution in [2.24, 2.45) is 5.41 Å². The summed E-state index contributed by atoms with van der Waals surface area (Å²) in [5, 5.41) is 8.97. The molecule has 0 heterocycles. The van der Waals surface area contributed by atoms with Gasteiger partial charge in [-0.05, 0) is 18.3 Å². The SMILES string of the molecule is CCCCCC(=CC(C)(C)C)C(=O)O. The molecule has 2 heteroatoms. The van der Waals surface area contributed by atoms with E-state index in [0.717, 1.165) is 19.3 Å². The zero-order valence-electron chi connectivity index (χ0n) is 9.76. The molecule has 0 aromatic rings. The molecule has 1 N–H and O–H groups in total. The van der Waals surface area contributed by atoms with E-state index in [2.05, 4.69) is 6.92 Å². The fraction of sp³-hybridized carbons (Fsp3) is 0.750. The number of carboxylic acid groups (broad SMARTS) is 1. The van der Waals surface area contributed by atoms with Gasteiger partial charge < -0.3 is 5.11 Å². The third-order valence-electron chi connectivity index (χ3n) is 1.93. The van der Waals surface area contributed by atoms with Gasteiger partial charge in [0.05, 0.1) is 0 Å². The van der Waals surface area contributed by atoms with Gasteiger partial charge in [0.15, 0.2) is 0 Å². The highest BCUT2D eigenvalue weighted by Crippen LogP contribution is 2.20. The van der Waals surface area contributed by atoms with Gasteiger partial charge in [-0.15, -0.1) is 0 Å². The second-order valence-electron chi connectivity index (χ2n) is 4.80. The first-order chi connectivity index (χ1) is 6.37. The molecule has 0 amide bonds. The molecule has 0 saturated carbocycles. The first-order valence-electron chi connectivity index (χ1n) is 5.32. The van der Waals surface area contributed by atoms with Crippen molar-refractivity contribution < 1.29 is 9.90 Å². The second-order valence-corrected chi connectivity index (χ2v) is 4.80. The fourth-order valence-electron chi connectivity index (χ4n) is 1.33. The van der Waals surface area contributed by atoms with Crippen LogP contribution in [0, 0.1) is 5.41 Å². The van der Waals surface area contributed by atoms with E-state index in [0.29, 0.717) is 12.0 Å². The van der Waals surface area contributed by atoms with Gasteiger partial charge in [0.25, 0.3) is 0 Å². The van der Waals surface area contributed by atoms with Crippen LogP contribution in [0.25, 0.3) is 0 Å². The zero-order valence-corrected chi connectivity index (χ0v) is 9.76.